The number of nitrogens with zero attached hydrogens (tertiary/aromatic N) is 1. The predicted molar refractivity (Wildman–Crippen MR) is 80.0 cm³/mol. The zero-order valence-electron chi connectivity index (χ0n) is 12.2. The second kappa shape index (κ2) is 6.44. The minimum Gasteiger partial charge on any atom is -0.366 e. The van der Waals surface area contributed by atoms with E-state index in [0.29, 0.717) is 18.3 Å². The standard InChI is InChI=1S/C15H20ClF3N2/c1-3-4-11-9-21(10(2)8-20-11)12-5-6-14(16)13(7-12)15(17,18)19/h5-7,10-11,20H,3-4,8-9H2,1-2H3. The van der Waals surface area contributed by atoms with Gasteiger partial charge in [-0.3, -0.25) is 0 Å². The number of hydrogen-bond acceptors (Lipinski definition) is 2. The van der Waals surface area contributed by atoms with Gasteiger partial charge >= 0.3 is 6.18 Å². The smallest absolute Gasteiger partial charge is 0.366 e. The maximum atomic E-state index is 13.0. The van der Waals surface area contributed by atoms with Gasteiger partial charge in [0.05, 0.1) is 10.6 Å². The van der Waals surface area contributed by atoms with Gasteiger partial charge in [-0.05, 0) is 31.5 Å². The largest absolute Gasteiger partial charge is 0.417 e. The van der Waals surface area contributed by atoms with Crippen molar-refractivity contribution in [2.75, 3.05) is 18.0 Å². The van der Waals surface area contributed by atoms with Crippen LogP contribution >= 0.6 is 11.6 Å². The Balaban J connectivity index is 2.27. The second-order valence-electron chi connectivity index (χ2n) is 5.56. The summed E-state index contributed by atoms with van der Waals surface area (Å²) in [6.07, 6.45) is -2.36. The van der Waals surface area contributed by atoms with E-state index in [4.69, 9.17) is 11.6 Å². The first-order valence-corrected chi connectivity index (χ1v) is 7.57. The molecule has 118 valence electrons. The molecule has 2 rings (SSSR count). The van der Waals surface area contributed by atoms with Crippen molar-refractivity contribution < 1.29 is 13.2 Å². The molecule has 1 N–H and O–H groups in total. The lowest BCUT2D eigenvalue weighted by Gasteiger charge is -2.40. The number of halogens is 4. The molecule has 2 atom stereocenters. The third-order valence-electron chi connectivity index (χ3n) is 3.88. The molecule has 6 heteroatoms. The highest BCUT2D eigenvalue weighted by Gasteiger charge is 2.34. The van der Waals surface area contributed by atoms with Crippen LogP contribution in [-0.4, -0.2) is 25.2 Å². The summed E-state index contributed by atoms with van der Waals surface area (Å²) in [5.41, 5.74) is -0.179. The monoisotopic (exact) mass is 320 g/mol. The summed E-state index contributed by atoms with van der Waals surface area (Å²) in [7, 11) is 0. The van der Waals surface area contributed by atoms with E-state index in [1.807, 2.05) is 11.8 Å². The van der Waals surface area contributed by atoms with Gasteiger partial charge in [0.25, 0.3) is 0 Å². The number of piperazine rings is 1. The van der Waals surface area contributed by atoms with Crippen LogP contribution in [0, 0.1) is 0 Å². The van der Waals surface area contributed by atoms with Crippen molar-refractivity contribution in [2.24, 2.45) is 0 Å². The molecule has 0 radical (unpaired) electrons. The highest BCUT2D eigenvalue weighted by atomic mass is 35.5. The Morgan fingerprint density at radius 1 is 1.38 bits per heavy atom. The van der Waals surface area contributed by atoms with Crippen LogP contribution in [0.25, 0.3) is 0 Å². The van der Waals surface area contributed by atoms with E-state index in [0.717, 1.165) is 25.5 Å². The van der Waals surface area contributed by atoms with E-state index in [9.17, 15) is 13.2 Å². The normalized spacial score (nSPS) is 23.4. The van der Waals surface area contributed by atoms with Gasteiger partial charge in [0, 0.05) is 30.9 Å². The molecule has 1 aliphatic rings. The number of rotatable bonds is 3. The van der Waals surface area contributed by atoms with Crippen molar-refractivity contribution in [3.63, 3.8) is 0 Å². The van der Waals surface area contributed by atoms with Gasteiger partial charge in [-0.1, -0.05) is 24.9 Å². The number of anilines is 1. The first-order valence-electron chi connectivity index (χ1n) is 7.19. The molecule has 0 amide bonds. The van der Waals surface area contributed by atoms with Crippen LogP contribution in [0.4, 0.5) is 18.9 Å². The van der Waals surface area contributed by atoms with E-state index in [1.165, 1.54) is 6.07 Å². The van der Waals surface area contributed by atoms with Crippen LogP contribution in [0.5, 0.6) is 0 Å². The molecule has 0 saturated carbocycles. The summed E-state index contributed by atoms with van der Waals surface area (Å²) in [6.45, 7) is 5.60. The number of alkyl halides is 3. The third kappa shape index (κ3) is 3.83. The lowest BCUT2D eigenvalue weighted by Crippen LogP contribution is -2.55. The number of hydrogen-bond donors (Lipinski definition) is 1. The second-order valence-corrected chi connectivity index (χ2v) is 5.96. The van der Waals surface area contributed by atoms with Crippen molar-refractivity contribution in [3.8, 4) is 0 Å². The average Bonchev–Trinajstić information content (AvgIpc) is 2.41. The fraction of sp³-hybridized carbons (Fsp3) is 0.600. The van der Waals surface area contributed by atoms with E-state index < -0.39 is 11.7 Å². The third-order valence-corrected chi connectivity index (χ3v) is 4.20. The van der Waals surface area contributed by atoms with Gasteiger partial charge in [0.2, 0.25) is 0 Å². The fourth-order valence-electron chi connectivity index (χ4n) is 2.74. The van der Waals surface area contributed by atoms with Crippen LogP contribution in [0.1, 0.15) is 32.3 Å². The average molecular weight is 321 g/mol. The molecular weight excluding hydrogens is 301 g/mol. The van der Waals surface area contributed by atoms with Crippen LogP contribution in [0.3, 0.4) is 0 Å². The topological polar surface area (TPSA) is 15.3 Å². The first kappa shape index (κ1) is 16.4. The first-order chi connectivity index (χ1) is 9.82. The number of nitrogens with one attached hydrogen (secondary N) is 1. The van der Waals surface area contributed by atoms with Crippen LogP contribution in [0.2, 0.25) is 5.02 Å². The summed E-state index contributed by atoms with van der Waals surface area (Å²) in [5, 5.41) is 3.19. The van der Waals surface area contributed by atoms with Gasteiger partial charge < -0.3 is 10.2 Å². The molecule has 0 aliphatic carbocycles. The minimum atomic E-state index is -4.42. The molecule has 0 spiro atoms. The van der Waals surface area contributed by atoms with E-state index >= 15 is 0 Å². The SMILES string of the molecule is CCCC1CN(c2ccc(Cl)c(C(F)(F)F)c2)C(C)CN1. The van der Waals surface area contributed by atoms with Crippen LogP contribution < -0.4 is 10.2 Å². The summed E-state index contributed by atoms with van der Waals surface area (Å²) < 4.78 is 38.9. The molecule has 1 aromatic carbocycles. The van der Waals surface area contributed by atoms with E-state index in [2.05, 4.69) is 12.2 Å². The molecule has 2 unspecified atom stereocenters. The highest BCUT2D eigenvalue weighted by molar-refractivity contribution is 6.31. The molecule has 0 bridgehead atoms. The van der Waals surface area contributed by atoms with Crippen LogP contribution in [-0.2, 0) is 6.18 Å². The lowest BCUT2D eigenvalue weighted by molar-refractivity contribution is -0.137. The number of benzene rings is 1. The van der Waals surface area contributed by atoms with Gasteiger partial charge in [-0.15, -0.1) is 0 Å². The summed E-state index contributed by atoms with van der Waals surface area (Å²) in [6, 6.07) is 4.63. The van der Waals surface area contributed by atoms with Gasteiger partial charge in [-0.2, -0.15) is 13.2 Å². The summed E-state index contributed by atoms with van der Waals surface area (Å²) in [5.74, 6) is 0. The molecule has 21 heavy (non-hydrogen) atoms. The molecule has 1 aliphatic heterocycles. The highest BCUT2D eigenvalue weighted by Crippen LogP contribution is 2.37. The van der Waals surface area contributed by atoms with Gasteiger partial charge in [0.1, 0.15) is 0 Å². The maximum Gasteiger partial charge on any atom is 0.417 e. The zero-order chi connectivity index (χ0) is 15.6. The van der Waals surface area contributed by atoms with E-state index in [1.54, 1.807) is 6.07 Å². The summed E-state index contributed by atoms with van der Waals surface area (Å²) in [4.78, 5) is 2.03. The van der Waals surface area contributed by atoms with Crippen molar-refractivity contribution in [1.82, 2.24) is 5.32 Å². The molecule has 1 heterocycles. The Morgan fingerprint density at radius 2 is 2.10 bits per heavy atom. The summed E-state index contributed by atoms with van der Waals surface area (Å²) >= 11 is 5.68. The zero-order valence-corrected chi connectivity index (χ0v) is 12.9. The Hall–Kier alpha value is -0.940. The molecule has 2 nitrogen and oxygen atoms in total. The molecule has 1 fully saturated rings. The Morgan fingerprint density at radius 3 is 2.71 bits per heavy atom. The van der Waals surface area contributed by atoms with Gasteiger partial charge in [0.15, 0.2) is 0 Å². The Kier molecular flexibility index (Phi) is 5.04. The van der Waals surface area contributed by atoms with Crippen LogP contribution in [0.15, 0.2) is 18.2 Å². The quantitative estimate of drug-likeness (QED) is 0.892. The Bertz CT molecular complexity index is 490. The lowest BCUT2D eigenvalue weighted by atomic mass is 10.0. The maximum absolute atomic E-state index is 13.0. The molecular formula is C15H20ClF3N2. The van der Waals surface area contributed by atoms with E-state index in [-0.39, 0.29) is 11.1 Å². The Labute approximate surface area is 128 Å². The minimum absolute atomic E-state index is 0.153. The van der Waals surface area contributed by atoms with Crippen molar-refractivity contribution in [1.29, 1.82) is 0 Å². The fourth-order valence-corrected chi connectivity index (χ4v) is 2.96. The predicted octanol–water partition coefficient (Wildman–Crippen LogP) is 4.33. The van der Waals surface area contributed by atoms with Crippen molar-refractivity contribution >= 4 is 17.3 Å². The molecule has 0 aromatic heterocycles. The molecule has 1 saturated heterocycles. The van der Waals surface area contributed by atoms with Crippen molar-refractivity contribution in [3.05, 3.63) is 28.8 Å². The van der Waals surface area contributed by atoms with Crippen molar-refractivity contribution in [2.45, 2.75) is 44.9 Å². The molecule has 1 aromatic rings. The van der Waals surface area contributed by atoms with Gasteiger partial charge in [-0.25, -0.2) is 0 Å².